The van der Waals surface area contributed by atoms with Crippen molar-refractivity contribution in [2.45, 2.75) is 26.0 Å². The summed E-state index contributed by atoms with van der Waals surface area (Å²) in [5, 5.41) is 13.8. The third-order valence-electron chi connectivity index (χ3n) is 1.37. The van der Waals surface area contributed by atoms with Crippen LogP contribution in [0.2, 0.25) is 0 Å². The highest BCUT2D eigenvalue weighted by Crippen LogP contribution is 1.92. The predicted molar refractivity (Wildman–Crippen MR) is 43.4 cm³/mol. The van der Waals surface area contributed by atoms with Crippen molar-refractivity contribution in [2.75, 3.05) is 7.05 Å². The maximum absolute atomic E-state index is 11.0. The lowest BCUT2D eigenvalue weighted by molar-refractivity contribution is -0.130. The normalized spacial score (nSPS) is 14.7. The molecule has 3 N–H and O–H groups in total. The van der Waals surface area contributed by atoms with E-state index in [1.165, 1.54) is 20.9 Å². The molecule has 0 saturated carbocycles. The molecule has 2 amide bonds. The highest BCUT2D eigenvalue weighted by atomic mass is 16.3. The first-order chi connectivity index (χ1) is 5.49. The minimum Gasteiger partial charge on any atom is -0.391 e. The molecule has 2 atom stereocenters. The average Bonchev–Trinajstić information content (AvgIpc) is 1.98. The summed E-state index contributed by atoms with van der Waals surface area (Å²) in [6.45, 7) is 2.73. The molecule has 0 aliphatic rings. The minimum atomic E-state index is -0.895. The van der Waals surface area contributed by atoms with E-state index in [0.717, 1.165) is 0 Å². The molecular formula is C7H14N2O3. The van der Waals surface area contributed by atoms with Crippen molar-refractivity contribution in [1.82, 2.24) is 10.6 Å². The number of carbonyl (C=O) groups excluding carboxylic acids is 2. The first kappa shape index (κ1) is 10.9. The van der Waals surface area contributed by atoms with Crippen molar-refractivity contribution in [3.05, 3.63) is 0 Å². The molecule has 0 aliphatic carbocycles. The van der Waals surface area contributed by atoms with Crippen LogP contribution in [0, 0.1) is 0 Å². The van der Waals surface area contributed by atoms with Gasteiger partial charge >= 0.3 is 0 Å². The van der Waals surface area contributed by atoms with Gasteiger partial charge < -0.3 is 15.7 Å². The number of likely N-dealkylation sites (N-methyl/N-ethyl adjacent to an activating group) is 1. The molecule has 0 aromatic rings. The molecular weight excluding hydrogens is 160 g/mol. The molecule has 1 unspecified atom stereocenters. The molecule has 5 nitrogen and oxygen atoms in total. The molecule has 0 aromatic heterocycles. The number of hydrogen-bond acceptors (Lipinski definition) is 3. The quantitative estimate of drug-likeness (QED) is 0.493. The minimum absolute atomic E-state index is 0.343. The second-order valence-electron chi connectivity index (χ2n) is 2.53. The summed E-state index contributed by atoms with van der Waals surface area (Å²) in [6, 6.07) is -0.868. The number of rotatable bonds is 3. The van der Waals surface area contributed by atoms with E-state index in [9.17, 15) is 9.59 Å². The summed E-state index contributed by atoms with van der Waals surface area (Å²) >= 11 is 0. The van der Waals surface area contributed by atoms with Crippen LogP contribution < -0.4 is 10.6 Å². The number of nitrogens with one attached hydrogen (secondary N) is 2. The van der Waals surface area contributed by atoms with E-state index in [1.54, 1.807) is 0 Å². The van der Waals surface area contributed by atoms with E-state index in [1.807, 2.05) is 0 Å². The first-order valence-corrected chi connectivity index (χ1v) is 3.65. The zero-order chi connectivity index (χ0) is 9.72. The average molecular weight is 174 g/mol. The van der Waals surface area contributed by atoms with Gasteiger partial charge in [0.25, 0.3) is 0 Å². The van der Waals surface area contributed by atoms with Crippen molar-refractivity contribution >= 4 is 11.8 Å². The standard InChI is InChI=1S/C7H14N2O3/c1-4(10)6(7(12)8-3)9-5(2)11/h4,6,10H,1-3H3,(H,8,12)(H,9,11)/t4?,6-/m0/s1. The van der Waals surface area contributed by atoms with Gasteiger partial charge in [0, 0.05) is 14.0 Å². The lowest BCUT2D eigenvalue weighted by Gasteiger charge is -2.18. The van der Waals surface area contributed by atoms with E-state index < -0.39 is 18.1 Å². The first-order valence-electron chi connectivity index (χ1n) is 3.65. The van der Waals surface area contributed by atoms with Crippen molar-refractivity contribution in [3.63, 3.8) is 0 Å². The maximum Gasteiger partial charge on any atom is 0.245 e. The van der Waals surface area contributed by atoms with Gasteiger partial charge in [-0.1, -0.05) is 0 Å². The van der Waals surface area contributed by atoms with Crippen molar-refractivity contribution in [1.29, 1.82) is 0 Å². The Morgan fingerprint density at radius 2 is 1.92 bits per heavy atom. The fourth-order valence-corrected chi connectivity index (χ4v) is 0.780. The lowest BCUT2D eigenvalue weighted by atomic mass is 10.1. The summed E-state index contributed by atoms with van der Waals surface area (Å²) in [5.74, 6) is -0.746. The van der Waals surface area contributed by atoms with Crippen LogP contribution in [0.3, 0.4) is 0 Å². The van der Waals surface area contributed by atoms with E-state index in [0.29, 0.717) is 0 Å². The van der Waals surface area contributed by atoms with Crippen molar-refractivity contribution in [3.8, 4) is 0 Å². The molecule has 0 aromatic carbocycles. The third-order valence-corrected chi connectivity index (χ3v) is 1.37. The zero-order valence-corrected chi connectivity index (χ0v) is 7.42. The van der Waals surface area contributed by atoms with E-state index >= 15 is 0 Å². The molecule has 5 heteroatoms. The topological polar surface area (TPSA) is 78.4 Å². The van der Waals surface area contributed by atoms with Gasteiger partial charge in [-0.15, -0.1) is 0 Å². The Bertz CT molecular complexity index is 179. The Morgan fingerprint density at radius 3 is 2.17 bits per heavy atom. The van der Waals surface area contributed by atoms with Crippen molar-refractivity contribution < 1.29 is 14.7 Å². The van der Waals surface area contributed by atoms with Gasteiger partial charge in [0.2, 0.25) is 11.8 Å². The third kappa shape index (κ3) is 3.34. The van der Waals surface area contributed by atoms with Crippen LogP contribution in [0.4, 0.5) is 0 Å². The Balaban J connectivity index is 4.23. The van der Waals surface area contributed by atoms with Crippen LogP contribution in [0.1, 0.15) is 13.8 Å². The van der Waals surface area contributed by atoms with E-state index in [-0.39, 0.29) is 5.91 Å². The smallest absolute Gasteiger partial charge is 0.245 e. The van der Waals surface area contributed by atoms with Crippen LogP contribution in [-0.4, -0.2) is 36.1 Å². The van der Waals surface area contributed by atoms with Gasteiger partial charge in [-0.05, 0) is 6.92 Å². The Labute approximate surface area is 71.1 Å². The number of aliphatic hydroxyl groups is 1. The van der Waals surface area contributed by atoms with Gasteiger partial charge in [-0.3, -0.25) is 9.59 Å². The number of aliphatic hydroxyl groups excluding tert-OH is 1. The molecule has 0 fully saturated rings. The van der Waals surface area contributed by atoms with Gasteiger partial charge in [-0.25, -0.2) is 0 Å². The molecule has 70 valence electrons. The highest BCUT2D eigenvalue weighted by molar-refractivity contribution is 5.87. The van der Waals surface area contributed by atoms with Crippen molar-refractivity contribution in [2.24, 2.45) is 0 Å². The molecule has 0 spiro atoms. The number of amides is 2. The second-order valence-corrected chi connectivity index (χ2v) is 2.53. The van der Waals surface area contributed by atoms with Crippen LogP contribution in [-0.2, 0) is 9.59 Å². The molecule has 0 saturated heterocycles. The van der Waals surface area contributed by atoms with Gasteiger partial charge in [0.05, 0.1) is 6.10 Å². The summed E-state index contributed by atoms with van der Waals surface area (Å²) in [6.07, 6.45) is -0.895. The summed E-state index contributed by atoms with van der Waals surface area (Å²) in [7, 11) is 1.44. The molecule has 0 heterocycles. The molecule has 0 bridgehead atoms. The van der Waals surface area contributed by atoms with Gasteiger partial charge in [0.1, 0.15) is 6.04 Å². The molecule has 0 rings (SSSR count). The summed E-state index contributed by atoms with van der Waals surface area (Å²) < 4.78 is 0. The largest absolute Gasteiger partial charge is 0.391 e. The highest BCUT2D eigenvalue weighted by Gasteiger charge is 2.22. The van der Waals surface area contributed by atoms with Gasteiger partial charge in [0.15, 0.2) is 0 Å². The van der Waals surface area contributed by atoms with E-state index in [2.05, 4.69) is 10.6 Å². The fraction of sp³-hybridized carbons (Fsp3) is 0.714. The van der Waals surface area contributed by atoms with Gasteiger partial charge in [-0.2, -0.15) is 0 Å². The monoisotopic (exact) mass is 174 g/mol. The summed E-state index contributed by atoms with van der Waals surface area (Å²) in [4.78, 5) is 21.6. The number of hydrogen-bond donors (Lipinski definition) is 3. The molecule has 12 heavy (non-hydrogen) atoms. The van der Waals surface area contributed by atoms with E-state index in [4.69, 9.17) is 5.11 Å². The lowest BCUT2D eigenvalue weighted by Crippen LogP contribution is -2.51. The predicted octanol–water partition coefficient (Wildman–Crippen LogP) is -1.38. The van der Waals surface area contributed by atoms with Crippen LogP contribution >= 0.6 is 0 Å². The van der Waals surface area contributed by atoms with Crippen LogP contribution in [0.15, 0.2) is 0 Å². The van der Waals surface area contributed by atoms with Crippen LogP contribution in [0.25, 0.3) is 0 Å². The maximum atomic E-state index is 11.0. The second kappa shape index (κ2) is 4.71. The molecule has 0 radical (unpaired) electrons. The Hall–Kier alpha value is -1.10. The summed E-state index contributed by atoms with van der Waals surface area (Å²) in [5.41, 5.74) is 0. The fourth-order valence-electron chi connectivity index (χ4n) is 0.780. The SMILES string of the molecule is CNC(=O)[C@@H](NC(C)=O)C(C)O. The molecule has 0 aliphatic heterocycles. The number of carbonyl (C=O) groups is 2. The zero-order valence-electron chi connectivity index (χ0n) is 7.42. The van der Waals surface area contributed by atoms with Crippen LogP contribution in [0.5, 0.6) is 0 Å². The Morgan fingerprint density at radius 1 is 1.42 bits per heavy atom. The Kier molecular flexibility index (Phi) is 4.28.